The van der Waals surface area contributed by atoms with Crippen molar-refractivity contribution < 1.29 is 50.4 Å². The summed E-state index contributed by atoms with van der Waals surface area (Å²) in [7, 11) is 0. The molecule has 2 atom stereocenters. The number of hydrogen-bond donors (Lipinski definition) is 10. The maximum absolute atomic E-state index is 11.7. The van der Waals surface area contributed by atoms with E-state index in [1.54, 1.807) is 0 Å². The topological polar surface area (TPSA) is 220 Å². The van der Waals surface area contributed by atoms with Crippen molar-refractivity contribution in [2.75, 3.05) is 10.6 Å². The summed E-state index contributed by atoms with van der Waals surface area (Å²) in [5.41, 5.74) is -1.74. The van der Waals surface area contributed by atoms with E-state index in [0.29, 0.717) is 0 Å². The molecule has 3 rings (SSSR count). The molecule has 2 unspecified atom stereocenters. The fraction of sp³-hybridized carbons (Fsp3) is 0.273. The minimum Gasteiger partial charge on any atom is -0.507 e. The molecule has 12 nitrogen and oxygen atoms in total. The first-order chi connectivity index (χ1) is 15.9. The fourth-order valence-corrected chi connectivity index (χ4v) is 4.01. The predicted octanol–water partition coefficient (Wildman–Crippen LogP) is 0.996. The first-order valence-electron chi connectivity index (χ1n) is 10.1. The van der Waals surface area contributed by atoms with E-state index < -0.39 is 92.9 Å². The number of aliphatic hydroxyl groups is 2. The highest BCUT2D eigenvalue weighted by molar-refractivity contribution is 6.01. The number of carbonyl (C=O) groups is 2. The van der Waals surface area contributed by atoms with E-state index in [9.17, 15) is 50.4 Å². The van der Waals surface area contributed by atoms with Crippen LogP contribution >= 0.6 is 0 Å². The first-order valence-corrected chi connectivity index (χ1v) is 10.1. The van der Waals surface area contributed by atoms with Crippen LogP contribution in [0.2, 0.25) is 0 Å². The Labute approximate surface area is 192 Å². The van der Waals surface area contributed by atoms with Crippen LogP contribution in [0.3, 0.4) is 0 Å². The van der Waals surface area contributed by atoms with Gasteiger partial charge in [0.15, 0.2) is 0 Å². The highest BCUT2D eigenvalue weighted by Gasteiger charge is 2.54. The third kappa shape index (κ3) is 3.89. The summed E-state index contributed by atoms with van der Waals surface area (Å²) in [6.07, 6.45) is -2.36. The molecule has 10 N–H and O–H groups in total. The smallest absolute Gasteiger partial charge is 0.247 e. The van der Waals surface area contributed by atoms with E-state index in [4.69, 9.17) is 0 Å². The standard InChI is InChI=1S/C22H24N2O10/c1-3-11(29)23-17-9(27)5-7(25)13(21(17)33)15-19(31)16(20(15)32)14-8(26)6-10(28)18(22(14)34)24-12(30)4-2/h3,5-6,15-16,19-20,25-28,31-34H,1,4H2,2H3,(H,23,29)(H,24,30). The Hall–Kier alpha value is -4.16. The van der Waals surface area contributed by atoms with E-state index in [0.717, 1.165) is 18.2 Å². The van der Waals surface area contributed by atoms with Gasteiger partial charge in [0.05, 0.1) is 12.2 Å². The predicted molar refractivity (Wildman–Crippen MR) is 118 cm³/mol. The van der Waals surface area contributed by atoms with Gasteiger partial charge in [-0.3, -0.25) is 9.59 Å². The number of rotatable bonds is 6. The molecule has 1 aliphatic carbocycles. The van der Waals surface area contributed by atoms with E-state index in [1.807, 2.05) is 0 Å². The number of benzene rings is 2. The van der Waals surface area contributed by atoms with Crippen LogP contribution in [0.15, 0.2) is 24.8 Å². The zero-order valence-corrected chi connectivity index (χ0v) is 17.8. The molecule has 1 saturated carbocycles. The summed E-state index contributed by atoms with van der Waals surface area (Å²) < 4.78 is 0. The van der Waals surface area contributed by atoms with Gasteiger partial charge in [0.2, 0.25) is 11.8 Å². The second-order valence-electron chi connectivity index (χ2n) is 7.73. The molecule has 12 heteroatoms. The van der Waals surface area contributed by atoms with Crippen LogP contribution in [0.1, 0.15) is 36.3 Å². The van der Waals surface area contributed by atoms with Crippen LogP contribution < -0.4 is 10.6 Å². The maximum Gasteiger partial charge on any atom is 0.247 e. The number of carbonyl (C=O) groups excluding carboxylic acids is 2. The summed E-state index contributed by atoms with van der Waals surface area (Å²) in [5, 5.41) is 87.7. The molecule has 0 spiro atoms. The lowest BCUT2D eigenvalue weighted by molar-refractivity contribution is -0.116. The van der Waals surface area contributed by atoms with Gasteiger partial charge >= 0.3 is 0 Å². The Morgan fingerprint density at radius 1 is 0.824 bits per heavy atom. The summed E-state index contributed by atoms with van der Waals surface area (Å²) in [6, 6.07) is 1.60. The van der Waals surface area contributed by atoms with Gasteiger partial charge in [0.1, 0.15) is 45.9 Å². The Balaban J connectivity index is 2.04. The Morgan fingerprint density at radius 2 is 1.24 bits per heavy atom. The van der Waals surface area contributed by atoms with Crippen LogP contribution in [0.25, 0.3) is 0 Å². The minimum atomic E-state index is -1.62. The van der Waals surface area contributed by atoms with Crippen LogP contribution in [-0.2, 0) is 9.59 Å². The number of anilines is 2. The molecule has 182 valence electrons. The van der Waals surface area contributed by atoms with Crippen LogP contribution in [0.5, 0.6) is 34.5 Å². The van der Waals surface area contributed by atoms with E-state index >= 15 is 0 Å². The maximum atomic E-state index is 11.7. The van der Waals surface area contributed by atoms with Crippen molar-refractivity contribution >= 4 is 23.2 Å². The minimum absolute atomic E-state index is 0.00989. The van der Waals surface area contributed by atoms with Crippen molar-refractivity contribution in [2.45, 2.75) is 37.4 Å². The Kier molecular flexibility index (Phi) is 6.48. The third-order valence-electron chi connectivity index (χ3n) is 5.75. The van der Waals surface area contributed by atoms with Gasteiger partial charge in [-0.05, 0) is 6.08 Å². The van der Waals surface area contributed by atoms with Crippen LogP contribution in [0.4, 0.5) is 11.4 Å². The van der Waals surface area contributed by atoms with E-state index in [-0.39, 0.29) is 6.42 Å². The molecule has 2 aromatic rings. The quantitative estimate of drug-likeness (QED) is 0.162. The molecule has 0 heterocycles. The van der Waals surface area contributed by atoms with Crippen LogP contribution in [0, 0.1) is 0 Å². The van der Waals surface area contributed by atoms with Crippen molar-refractivity contribution in [3.8, 4) is 34.5 Å². The molecule has 1 fully saturated rings. The fourth-order valence-electron chi connectivity index (χ4n) is 4.01. The molecule has 0 aliphatic heterocycles. The molecule has 2 aromatic carbocycles. The van der Waals surface area contributed by atoms with Crippen molar-refractivity contribution in [3.05, 3.63) is 35.9 Å². The summed E-state index contributed by atoms with van der Waals surface area (Å²) in [5.74, 6) is -8.49. The Morgan fingerprint density at radius 3 is 1.62 bits per heavy atom. The third-order valence-corrected chi connectivity index (χ3v) is 5.75. The SMILES string of the molecule is C=CC(=O)Nc1c(O)cc(O)c(C2C(O)C(c3c(O)cc(O)c(NC(=O)CC)c3O)C2O)c1O. The molecular formula is C22H24N2O10. The van der Waals surface area contributed by atoms with Gasteiger partial charge in [-0.15, -0.1) is 0 Å². The molecule has 0 radical (unpaired) electrons. The molecule has 34 heavy (non-hydrogen) atoms. The molecule has 0 aromatic heterocycles. The lowest BCUT2D eigenvalue weighted by atomic mass is 9.62. The molecular weight excluding hydrogens is 452 g/mol. The number of aromatic hydroxyl groups is 6. The van der Waals surface area contributed by atoms with Crippen molar-refractivity contribution in [1.29, 1.82) is 0 Å². The number of phenolic OH excluding ortho intramolecular Hbond substituents is 6. The second kappa shape index (κ2) is 9.00. The van der Waals surface area contributed by atoms with Gasteiger partial charge in [-0.25, -0.2) is 0 Å². The van der Waals surface area contributed by atoms with Gasteiger partial charge in [-0.2, -0.15) is 0 Å². The lowest BCUT2D eigenvalue weighted by Crippen LogP contribution is -2.51. The average Bonchev–Trinajstić information content (AvgIpc) is 2.78. The lowest BCUT2D eigenvalue weighted by Gasteiger charge is -2.47. The zero-order chi connectivity index (χ0) is 25.5. The van der Waals surface area contributed by atoms with Gasteiger partial charge in [0, 0.05) is 41.5 Å². The number of phenols is 6. The summed E-state index contributed by atoms with van der Waals surface area (Å²) in [6.45, 7) is 4.77. The van der Waals surface area contributed by atoms with Crippen molar-refractivity contribution in [3.63, 3.8) is 0 Å². The van der Waals surface area contributed by atoms with Crippen molar-refractivity contribution in [1.82, 2.24) is 0 Å². The largest absolute Gasteiger partial charge is 0.507 e. The first kappa shape index (κ1) is 24.5. The Bertz CT molecular complexity index is 1170. The van der Waals surface area contributed by atoms with E-state index in [1.165, 1.54) is 6.92 Å². The number of hydrogen-bond acceptors (Lipinski definition) is 10. The monoisotopic (exact) mass is 476 g/mol. The summed E-state index contributed by atoms with van der Waals surface area (Å²) in [4.78, 5) is 23.3. The highest BCUT2D eigenvalue weighted by Crippen LogP contribution is 2.59. The van der Waals surface area contributed by atoms with Crippen molar-refractivity contribution in [2.24, 2.45) is 0 Å². The number of nitrogens with one attached hydrogen (secondary N) is 2. The van der Waals surface area contributed by atoms with E-state index in [2.05, 4.69) is 17.2 Å². The number of aliphatic hydroxyl groups excluding tert-OH is 2. The normalized spacial score (nSPS) is 21.4. The molecule has 0 saturated heterocycles. The molecule has 0 bridgehead atoms. The summed E-state index contributed by atoms with van der Waals surface area (Å²) >= 11 is 0. The number of amides is 2. The molecule has 1 aliphatic rings. The second-order valence-corrected chi connectivity index (χ2v) is 7.73. The van der Waals surface area contributed by atoms with Crippen LogP contribution in [-0.4, -0.2) is 64.9 Å². The zero-order valence-electron chi connectivity index (χ0n) is 17.8. The van der Waals surface area contributed by atoms with Gasteiger partial charge < -0.3 is 51.5 Å². The van der Waals surface area contributed by atoms with Gasteiger partial charge in [-0.1, -0.05) is 13.5 Å². The van der Waals surface area contributed by atoms with Gasteiger partial charge in [0.25, 0.3) is 0 Å². The average molecular weight is 476 g/mol. The highest BCUT2D eigenvalue weighted by atomic mass is 16.3. The molecule has 2 amide bonds.